The highest BCUT2D eigenvalue weighted by Crippen LogP contribution is 2.44. The van der Waals surface area contributed by atoms with Crippen molar-refractivity contribution >= 4 is 0 Å². The average Bonchev–Trinajstić information content (AvgIpc) is 2.94. The molecule has 8 nitrogen and oxygen atoms in total. The lowest BCUT2D eigenvalue weighted by molar-refractivity contribution is -0.123. The first-order valence-corrected chi connectivity index (χ1v) is 6.35. The summed E-state index contributed by atoms with van der Waals surface area (Å²) in [5, 5.41) is 19.8. The van der Waals surface area contributed by atoms with Gasteiger partial charge in [-0.2, -0.15) is 0 Å². The van der Waals surface area contributed by atoms with Crippen molar-refractivity contribution in [3.63, 3.8) is 0 Å². The van der Waals surface area contributed by atoms with Crippen LogP contribution in [0.4, 0.5) is 0 Å². The molecule has 1 unspecified atom stereocenters. The number of aromatic amines is 1. The van der Waals surface area contributed by atoms with Crippen molar-refractivity contribution in [2.75, 3.05) is 19.8 Å². The summed E-state index contributed by atoms with van der Waals surface area (Å²) in [4.78, 5) is 25.4. The molecule has 0 aromatic carbocycles. The molecule has 2 aliphatic heterocycles. The fourth-order valence-electron chi connectivity index (χ4n) is 2.85. The molecule has 0 aliphatic carbocycles. The Morgan fingerprint density at radius 2 is 2.30 bits per heavy atom. The Kier molecular flexibility index (Phi) is 3.05. The van der Waals surface area contributed by atoms with Crippen molar-refractivity contribution < 1.29 is 19.7 Å². The normalized spacial score (nSPS) is 36.2. The summed E-state index contributed by atoms with van der Waals surface area (Å²) in [5.41, 5.74) is -1.78. The van der Waals surface area contributed by atoms with E-state index in [0.717, 1.165) is 4.57 Å². The van der Waals surface area contributed by atoms with E-state index in [1.54, 1.807) is 6.92 Å². The summed E-state index contributed by atoms with van der Waals surface area (Å²) in [7, 11) is 0. The molecule has 0 amide bonds. The molecular weight excluding hydrogens is 268 g/mol. The number of nitrogens with one attached hydrogen (secondary N) is 1. The Hall–Kier alpha value is -1.48. The van der Waals surface area contributed by atoms with Crippen molar-refractivity contribution in [2.24, 2.45) is 5.92 Å². The van der Waals surface area contributed by atoms with Crippen molar-refractivity contribution in [2.45, 2.75) is 24.9 Å². The van der Waals surface area contributed by atoms with Gasteiger partial charge >= 0.3 is 5.69 Å². The van der Waals surface area contributed by atoms with Gasteiger partial charge in [0.2, 0.25) is 0 Å². The highest BCUT2D eigenvalue weighted by Gasteiger charge is 2.58. The Bertz CT molecular complexity index is 638. The van der Waals surface area contributed by atoms with Gasteiger partial charge in [-0.15, -0.1) is 0 Å². The van der Waals surface area contributed by atoms with Crippen LogP contribution in [0.5, 0.6) is 0 Å². The van der Waals surface area contributed by atoms with Crippen LogP contribution in [-0.2, 0) is 9.47 Å². The molecule has 3 heterocycles. The standard InChI is InChI=1S/C12H16N2O6/c1-6-2-14(11(18)13-9(6)17)10-8(16)7-3-19-5-12(7,4-15)20-10/h2,7-8,10,15-16H,3-5H2,1H3,(H,13,17,18)/t7?,8-,10-,12+/m1/s1. The number of nitrogens with zero attached hydrogens (tertiary/aromatic N) is 1. The SMILES string of the molecule is Cc1cn([C@@H]2O[C@@]3(CO)COCC3[C@H]2O)c(=O)[nH]c1=O. The zero-order chi connectivity index (χ0) is 14.5. The fraction of sp³-hybridized carbons (Fsp3) is 0.667. The second-order valence-corrected chi connectivity index (χ2v) is 5.32. The topological polar surface area (TPSA) is 114 Å². The van der Waals surface area contributed by atoms with Gasteiger partial charge in [0.1, 0.15) is 11.7 Å². The van der Waals surface area contributed by atoms with E-state index in [1.165, 1.54) is 6.20 Å². The van der Waals surface area contributed by atoms with E-state index in [4.69, 9.17) is 9.47 Å². The highest BCUT2D eigenvalue weighted by atomic mass is 16.6. The largest absolute Gasteiger partial charge is 0.393 e. The molecule has 0 radical (unpaired) electrons. The summed E-state index contributed by atoms with van der Waals surface area (Å²) in [6, 6.07) is 0. The maximum atomic E-state index is 11.9. The summed E-state index contributed by atoms with van der Waals surface area (Å²) in [5.74, 6) is -0.406. The first-order chi connectivity index (χ1) is 9.48. The summed E-state index contributed by atoms with van der Waals surface area (Å²) < 4.78 is 12.1. The molecule has 8 heteroatoms. The number of aliphatic hydroxyl groups excluding tert-OH is 2. The Labute approximate surface area is 113 Å². The molecule has 20 heavy (non-hydrogen) atoms. The molecule has 2 saturated heterocycles. The van der Waals surface area contributed by atoms with Gasteiger partial charge in [0.05, 0.1) is 19.8 Å². The molecule has 0 bridgehead atoms. The van der Waals surface area contributed by atoms with Gasteiger partial charge in [-0.3, -0.25) is 14.3 Å². The van der Waals surface area contributed by atoms with Crippen molar-refractivity contribution in [1.82, 2.24) is 9.55 Å². The van der Waals surface area contributed by atoms with Gasteiger partial charge in [0.25, 0.3) is 5.56 Å². The van der Waals surface area contributed by atoms with Gasteiger partial charge in [0.15, 0.2) is 6.23 Å². The van der Waals surface area contributed by atoms with Crippen LogP contribution < -0.4 is 11.2 Å². The molecule has 110 valence electrons. The molecule has 1 aromatic heterocycles. The number of aromatic nitrogens is 2. The molecule has 0 spiro atoms. The summed E-state index contributed by atoms with van der Waals surface area (Å²) in [6.07, 6.45) is -0.589. The second-order valence-electron chi connectivity index (χ2n) is 5.32. The molecule has 2 aliphatic rings. The van der Waals surface area contributed by atoms with Crippen molar-refractivity contribution in [3.05, 3.63) is 32.6 Å². The predicted octanol–water partition coefficient (Wildman–Crippen LogP) is -1.89. The molecule has 0 saturated carbocycles. The van der Waals surface area contributed by atoms with Crippen LogP contribution in [0.15, 0.2) is 15.8 Å². The number of rotatable bonds is 2. The molecule has 3 rings (SSSR count). The third kappa shape index (κ3) is 1.76. The van der Waals surface area contributed by atoms with Crippen molar-refractivity contribution in [3.8, 4) is 0 Å². The van der Waals surface area contributed by atoms with Gasteiger partial charge in [-0.25, -0.2) is 4.79 Å². The van der Waals surface area contributed by atoms with Crippen LogP contribution in [0.2, 0.25) is 0 Å². The number of hydrogen-bond donors (Lipinski definition) is 3. The van der Waals surface area contributed by atoms with Gasteiger partial charge < -0.3 is 19.7 Å². The molecule has 2 fully saturated rings. The number of hydrogen-bond acceptors (Lipinski definition) is 6. The number of aliphatic hydroxyl groups is 2. The predicted molar refractivity (Wildman–Crippen MR) is 66.3 cm³/mol. The number of ether oxygens (including phenoxy) is 2. The van der Waals surface area contributed by atoms with Crippen LogP contribution in [0.25, 0.3) is 0 Å². The van der Waals surface area contributed by atoms with Gasteiger partial charge in [-0.05, 0) is 6.92 Å². The van der Waals surface area contributed by atoms with E-state index >= 15 is 0 Å². The van der Waals surface area contributed by atoms with E-state index in [9.17, 15) is 19.8 Å². The van der Waals surface area contributed by atoms with Crippen LogP contribution in [0.1, 0.15) is 11.8 Å². The van der Waals surface area contributed by atoms with E-state index in [-0.39, 0.29) is 19.8 Å². The Morgan fingerprint density at radius 3 is 2.95 bits per heavy atom. The molecule has 1 aromatic rings. The highest BCUT2D eigenvalue weighted by molar-refractivity contribution is 5.07. The third-order valence-corrected chi connectivity index (χ3v) is 4.07. The fourth-order valence-corrected chi connectivity index (χ4v) is 2.85. The quantitative estimate of drug-likeness (QED) is 0.585. The lowest BCUT2D eigenvalue weighted by atomic mass is 9.89. The van der Waals surface area contributed by atoms with Crippen LogP contribution in [0, 0.1) is 12.8 Å². The van der Waals surface area contributed by atoms with Crippen molar-refractivity contribution in [1.29, 1.82) is 0 Å². The molecule has 3 N–H and O–H groups in total. The van der Waals surface area contributed by atoms with Gasteiger partial charge in [-0.1, -0.05) is 0 Å². The Balaban J connectivity index is 2.03. The summed E-state index contributed by atoms with van der Waals surface area (Å²) >= 11 is 0. The lowest BCUT2D eigenvalue weighted by Crippen LogP contribution is -2.41. The first kappa shape index (κ1) is 13.5. The first-order valence-electron chi connectivity index (χ1n) is 6.35. The zero-order valence-electron chi connectivity index (χ0n) is 10.9. The minimum Gasteiger partial charge on any atom is -0.393 e. The molecular formula is C12H16N2O6. The number of aryl methyl sites for hydroxylation is 1. The van der Waals surface area contributed by atoms with E-state index in [1.807, 2.05) is 0 Å². The van der Waals surface area contributed by atoms with Crippen LogP contribution in [0.3, 0.4) is 0 Å². The number of fused-ring (bicyclic) bond motifs is 1. The minimum atomic E-state index is -0.993. The van der Waals surface area contributed by atoms with E-state index in [0.29, 0.717) is 5.56 Å². The lowest BCUT2D eigenvalue weighted by Gasteiger charge is -2.24. The minimum absolute atomic E-state index is 0.165. The maximum Gasteiger partial charge on any atom is 0.330 e. The summed E-state index contributed by atoms with van der Waals surface area (Å²) in [6.45, 7) is 1.68. The average molecular weight is 284 g/mol. The zero-order valence-corrected chi connectivity index (χ0v) is 10.9. The van der Waals surface area contributed by atoms with Gasteiger partial charge in [0, 0.05) is 17.7 Å². The second kappa shape index (κ2) is 4.52. The molecule has 4 atom stereocenters. The smallest absolute Gasteiger partial charge is 0.330 e. The monoisotopic (exact) mass is 284 g/mol. The maximum absolute atomic E-state index is 11.9. The van der Waals surface area contributed by atoms with E-state index in [2.05, 4.69) is 4.98 Å². The Morgan fingerprint density at radius 1 is 1.55 bits per heavy atom. The van der Waals surface area contributed by atoms with Crippen LogP contribution >= 0.6 is 0 Å². The number of H-pyrrole nitrogens is 1. The van der Waals surface area contributed by atoms with Crippen LogP contribution in [-0.4, -0.2) is 51.3 Å². The van der Waals surface area contributed by atoms with E-state index < -0.39 is 35.1 Å². The third-order valence-electron chi connectivity index (χ3n) is 4.07.